The lowest BCUT2D eigenvalue weighted by atomic mass is 10.1. The Balaban J connectivity index is 2.15. The largest absolute Gasteiger partial charge is 0.322 e. The molecule has 0 aromatic heterocycles. The van der Waals surface area contributed by atoms with Gasteiger partial charge in [-0.1, -0.05) is 24.0 Å². The Labute approximate surface area is 125 Å². The van der Waals surface area contributed by atoms with Crippen LogP contribution in [0.4, 0.5) is 5.69 Å². The van der Waals surface area contributed by atoms with Crippen molar-refractivity contribution in [2.24, 2.45) is 5.73 Å². The third-order valence-corrected chi connectivity index (χ3v) is 3.12. The molecule has 0 atom stereocenters. The molecule has 3 nitrogen and oxygen atoms in total. The van der Waals surface area contributed by atoms with Gasteiger partial charge in [-0.05, 0) is 55.3 Å². The standard InChI is InChI=1S/C18H18N2O/c1-13-5-6-14(2)17(12-13)20-18(21)16-9-7-15(8-10-16)4-3-11-19/h5-10,12H,11,19H2,1-2H3,(H,20,21). The predicted molar refractivity (Wildman–Crippen MR) is 86.2 cm³/mol. The van der Waals surface area contributed by atoms with Gasteiger partial charge in [0.15, 0.2) is 0 Å². The van der Waals surface area contributed by atoms with Crippen molar-refractivity contribution in [2.75, 3.05) is 11.9 Å². The third-order valence-electron chi connectivity index (χ3n) is 3.12. The molecule has 3 N–H and O–H groups in total. The molecule has 2 rings (SSSR count). The molecule has 3 heteroatoms. The molecule has 0 spiro atoms. The second-order valence-electron chi connectivity index (χ2n) is 4.86. The summed E-state index contributed by atoms with van der Waals surface area (Å²) in [6.07, 6.45) is 0. The molecular weight excluding hydrogens is 260 g/mol. The number of rotatable bonds is 2. The van der Waals surface area contributed by atoms with Crippen LogP contribution in [0.15, 0.2) is 42.5 Å². The van der Waals surface area contributed by atoms with Gasteiger partial charge in [-0.15, -0.1) is 0 Å². The zero-order valence-electron chi connectivity index (χ0n) is 12.2. The van der Waals surface area contributed by atoms with Crippen LogP contribution in [-0.4, -0.2) is 12.5 Å². The van der Waals surface area contributed by atoms with Gasteiger partial charge in [0.05, 0.1) is 6.54 Å². The number of anilines is 1. The molecule has 0 unspecified atom stereocenters. The number of hydrogen-bond acceptors (Lipinski definition) is 2. The average Bonchev–Trinajstić information content (AvgIpc) is 2.49. The molecule has 0 radical (unpaired) electrons. The van der Waals surface area contributed by atoms with Gasteiger partial charge < -0.3 is 11.1 Å². The van der Waals surface area contributed by atoms with E-state index < -0.39 is 0 Å². The quantitative estimate of drug-likeness (QED) is 0.830. The molecule has 0 fully saturated rings. The van der Waals surface area contributed by atoms with Crippen molar-refractivity contribution < 1.29 is 4.79 Å². The summed E-state index contributed by atoms with van der Waals surface area (Å²) in [6, 6.07) is 13.2. The second-order valence-corrected chi connectivity index (χ2v) is 4.86. The van der Waals surface area contributed by atoms with E-state index in [1.54, 1.807) is 12.1 Å². The molecule has 106 valence electrons. The summed E-state index contributed by atoms with van der Waals surface area (Å²) >= 11 is 0. The average molecular weight is 278 g/mol. The third kappa shape index (κ3) is 3.95. The minimum atomic E-state index is -0.123. The van der Waals surface area contributed by atoms with E-state index in [0.717, 1.165) is 22.4 Å². The monoisotopic (exact) mass is 278 g/mol. The van der Waals surface area contributed by atoms with Gasteiger partial charge in [0, 0.05) is 16.8 Å². The fourth-order valence-electron chi connectivity index (χ4n) is 1.92. The van der Waals surface area contributed by atoms with Gasteiger partial charge in [-0.2, -0.15) is 0 Å². The number of benzene rings is 2. The van der Waals surface area contributed by atoms with Crippen LogP contribution in [-0.2, 0) is 0 Å². The highest BCUT2D eigenvalue weighted by molar-refractivity contribution is 6.04. The molecule has 0 heterocycles. The number of nitrogens with one attached hydrogen (secondary N) is 1. The van der Waals surface area contributed by atoms with Gasteiger partial charge in [0.1, 0.15) is 0 Å². The van der Waals surface area contributed by atoms with Gasteiger partial charge >= 0.3 is 0 Å². The highest BCUT2D eigenvalue weighted by atomic mass is 16.1. The molecule has 0 aliphatic rings. The van der Waals surface area contributed by atoms with Crippen LogP contribution in [0, 0.1) is 25.7 Å². The van der Waals surface area contributed by atoms with E-state index >= 15 is 0 Å². The maximum absolute atomic E-state index is 12.2. The van der Waals surface area contributed by atoms with Gasteiger partial charge in [0.2, 0.25) is 0 Å². The fraction of sp³-hybridized carbons (Fsp3) is 0.167. The SMILES string of the molecule is Cc1ccc(C)c(NC(=O)c2ccc(C#CCN)cc2)c1. The van der Waals surface area contributed by atoms with Crippen molar-refractivity contribution in [3.8, 4) is 11.8 Å². The van der Waals surface area contributed by atoms with E-state index in [9.17, 15) is 4.79 Å². The van der Waals surface area contributed by atoms with E-state index in [1.807, 2.05) is 44.2 Å². The van der Waals surface area contributed by atoms with Crippen LogP contribution < -0.4 is 11.1 Å². The summed E-state index contributed by atoms with van der Waals surface area (Å²) in [5.41, 5.74) is 9.78. The first-order valence-electron chi connectivity index (χ1n) is 6.78. The summed E-state index contributed by atoms with van der Waals surface area (Å²) in [5.74, 6) is 5.59. The van der Waals surface area contributed by atoms with Crippen LogP contribution in [0.3, 0.4) is 0 Å². The van der Waals surface area contributed by atoms with Crippen molar-refractivity contribution in [1.29, 1.82) is 0 Å². The number of aryl methyl sites for hydroxylation is 2. The number of carbonyl (C=O) groups excluding carboxylic acids is 1. The smallest absolute Gasteiger partial charge is 0.255 e. The van der Waals surface area contributed by atoms with Gasteiger partial charge in [0.25, 0.3) is 5.91 Å². The van der Waals surface area contributed by atoms with E-state index in [-0.39, 0.29) is 5.91 Å². The molecule has 2 aromatic rings. The Hall–Kier alpha value is -2.57. The lowest BCUT2D eigenvalue weighted by molar-refractivity contribution is 0.102. The summed E-state index contributed by atoms with van der Waals surface area (Å²) in [6.45, 7) is 4.30. The Morgan fingerprint density at radius 2 is 1.86 bits per heavy atom. The Kier molecular flexibility index (Phi) is 4.76. The zero-order chi connectivity index (χ0) is 15.2. The van der Waals surface area contributed by atoms with E-state index in [1.165, 1.54) is 0 Å². The van der Waals surface area contributed by atoms with Crippen molar-refractivity contribution in [2.45, 2.75) is 13.8 Å². The van der Waals surface area contributed by atoms with E-state index in [4.69, 9.17) is 5.73 Å². The molecule has 1 amide bonds. The number of nitrogens with two attached hydrogens (primary N) is 1. The normalized spacial score (nSPS) is 9.67. The molecular formula is C18H18N2O. The van der Waals surface area contributed by atoms with Crippen molar-refractivity contribution in [3.05, 3.63) is 64.7 Å². The highest BCUT2D eigenvalue weighted by Gasteiger charge is 2.07. The lowest BCUT2D eigenvalue weighted by Gasteiger charge is -2.09. The zero-order valence-corrected chi connectivity index (χ0v) is 12.2. The van der Waals surface area contributed by atoms with Crippen molar-refractivity contribution in [1.82, 2.24) is 0 Å². The van der Waals surface area contributed by atoms with Crippen LogP contribution in [0.2, 0.25) is 0 Å². The first-order valence-corrected chi connectivity index (χ1v) is 6.78. The number of amides is 1. The van der Waals surface area contributed by atoms with E-state index in [2.05, 4.69) is 17.2 Å². The van der Waals surface area contributed by atoms with Gasteiger partial charge in [-0.25, -0.2) is 0 Å². The van der Waals surface area contributed by atoms with Crippen molar-refractivity contribution in [3.63, 3.8) is 0 Å². The summed E-state index contributed by atoms with van der Waals surface area (Å²) in [7, 11) is 0. The molecule has 0 bridgehead atoms. The Morgan fingerprint density at radius 1 is 1.14 bits per heavy atom. The lowest BCUT2D eigenvalue weighted by Crippen LogP contribution is -2.12. The highest BCUT2D eigenvalue weighted by Crippen LogP contribution is 2.17. The van der Waals surface area contributed by atoms with Crippen molar-refractivity contribution >= 4 is 11.6 Å². The molecule has 2 aromatic carbocycles. The van der Waals surface area contributed by atoms with E-state index in [0.29, 0.717) is 12.1 Å². The predicted octanol–water partition coefficient (Wildman–Crippen LogP) is 2.87. The van der Waals surface area contributed by atoms with Crippen LogP contribution in [0.1, 0.15) is 27.0 Å². The molecule has 21 heavy (non-hydrogen) atoms. The maximum Gasteiger partial charge on any atom is 0.255 e. The summed E-state index contributed by atoms with van der Waals surface area (Å²) in [5, 5.41) is 2.93. The maximum atomic E-state index is 12.2. The van der Waals surface area contributed by atoms with Gasteiger partial charge in [-0.3, -0.25) is 4.79 Å². The van der Waals surface area contributed by atoms with Crippen LogP contribution in [0.5, 0.6) is 0 Å². The number of carbonyl (C=O) groups is 1. The number of hydrogen-bond donors (Lipinski definition) is 2. The Morgan fingerprint density at radius 3 is 2.52 bits per heavy atom. The molecule has 0 saturated carbocycles. The first kappa shape index (κ1) is 14.8. The molecule has 0 aliphatic carbocycles. The molecule has 0 aliphatic heterocycles. The fourth-order valence-corrected chi connectivity index (χ4v) is 1.92. The minimum Gasteiger partial charge on any atom is -0.322 e. The minimum absolute atomic E-state index is 0.123. The summed E-state index contributed by atoms with van der Waals surface area (Å²) < 4.78 is 0. The second kappa shape index (κ2) is 6.74. The first-order chi connectivity index (χ1) is 10.1. The topological polar surface area (TPSA) is 55.1 Å². The Bertz CT molecular complexity index is 706. The van der Waals surface area contributed by atoms with Crippen LogP contribution in [0.25, 0.3) is 0 Å². The summed E-state index contributed by atoms with van der Waals surface area (Å²) in [4.78, 5) is 12.2. The molecule has 0 saturated heterocycles. The van der Waals surface area contributed by atoms with Crippen LogP contribution >= 0.6 is 0 Å².